The van der Waals surface area contributed by atoms with Crippen molar-refractivity contribution >= 4 is 35.3 Å². The molecule has 3 N–H and O–H groups in total. The summed E-state index contributed by atoms with van der Waals surface area (Å²) in [5, 5.41) is 8.92. The molecule has 0 aliphatic carbocycles. The Hall–Kier alpha value is -4.53. The van der Waals surface area contributed by atoms with Crippen LogP contribution in [0.3, 0.4) is 0 Å². The summed E-state index contributed by atoms with van der Waals surface area (Å²) in [5.74, 6) is -1.69. The summed E-state index contributed by atoms with van der Waals surface area (Å²) in [6, 6.07) is 16.6. The maximum absolute atomic E-state index is 12.7. The molecule has 0 aliphatic rings. The van der Waals surface area contributed by atoms with Gasteiger partial charge in [0.2, 0.25) is 0 Å². The van der Waals surface area contributed by atoms with E-state index in [1.54, 1.807) is 67.0 Å². The second kappa shape index (κ2) is 11.0. The van der Waals surface area contributed by atoms with Crippen LogP contribution < -0.4 is 20.8 Å². The van der Waals surface area contributed by atoms with Crippen LogP contribution in [0.4, 0.5) is 11.4 Å². The molecule has 9 heteroatoms. The molecule has 0 aliphatic heterocycles. The largest absolute Gasteiger partial charge is 0.494 e. The fraction of sp³-hybridized carbons (Fsp3) is 0.0870. The monoisotopic (exact) mass is 431 g/mol. The predicted octanol–water partition coefficient (Wildman–Crippen LogP) is 2.82. The topological polar surface area (TPSA) is 122 Å². The SMILES string of the molecule is CCOc1ccc(NC(=O)c2ccccc2NC(=O)C(=O)N/N=C/c2ccncc2)cc1. The van der Waals surface area contributed by atoms with Gasteiger partial charge in [0.25, 0.3) is 5.91 Å². The third kappa shape index (κ3) is 6.23. The van der Waals surface area contributed by atoms with Gasteiger partial charge in [0.15, 0.2) is 0 Å². The number of hydrogen-bond donors (Lipinski definition) is 3. The van der Waals surface area contributed by atoms with Crippen LogP contribution in [0.25, 0.3) is 0 Å². The van der Waals surface area contributed by atoms with Gasteiger partial charge in [0.1, 0.15) is 5.75 Å². The van der Waals surface area contributed by atoms with E-state index in [0.29, 0.717) is 23.6 Å². The minimum absolute atomic E-state index is 0.189. The van der Waals surface area contributed by atoms with Gasteiger partial charge in [-0.05, 0) is 61.0 Å². The molecule has 0 saturated heterocycles. The third-order valence-corrected chi connectivity index (χ3v) is 4.14. The highest BCUT2D eigenvalue weighted by atomic mass is 16.5. The fourth-order valence-electron chi connectivity index (χ4n) is 2.63. The average Bonchev–Trinajstić information content (AvgIpc) is 2.81. The maximum Gasteiger partial charge on any atom is 0.329 e. The molecular formula is C23H21N5O4. The van der Waals surface area contributed by atoms with Crippen LogP contribution in [0.1, 0.15) is 22.8 Å². The minimum Gasteiger partial charge on any atom is -0.494 e. The van der Waals surface area contributed by atoms with Crippen molar-refractivity contribution in [1.82, 2.24) is 10.4 Å². The smallest absolute Gasteiger partial charge is 0.329 e. The third-order valence-electron chi connectivity index (χ3n) is 4.14. The minimum atomic E-state index is -0.975. The van der Waals surface area contributed by atoms with Crippen LogP contribution in [0.2, 0.25) is 0 Å². The number of ether oxygens (including phenoxy) is 1. The molecule has 0 fully saturated rings. The summed E-state index contributed by atoms with van der Waals surface area (Å²) in [5.41, 5.74) is 3.79. The van der Waals surface area contributed by atoms with E-state index in [9.17, 15) is 14.4 Å². The van der Waals surface area contributed by atoms with Crippen molar-refractivity contribution in [3.8, 4) is 5.75 Å². The second-order valence-electron chi connectivity index (χ2n) is 6.39. The highest BCUT2D eigenvalue weighted by molar-refractivity contribution is 6.40. The van der Waals surface area contributed by atoms with E-state index in [4.69, 9.17) is 4.74 Å². The first-order valence-corrected chi connectivity index (χ1v) is 9.74. The molecule has 32 heavy (non-hydrogen) atoms. The van der Waals surface area contributed by atoms with Gasteiger partial charge in [-0.2, -0.15) is 5.10 Å². The second-order valence-corrected chi connectivity index (χ2v) is 6.39. The van der Waals surface area contributed by atoms with Gasteiger partial charge in [-0.1, -0.05) is 12.1 Å². The van der Waals surface area contributed by atoms with Gasteiger partial charge in [-0.3, -0.25) is 19.4 Å². The van der Waals surface area contributed by atoms with Crippen LogP contribution in [-0.4, -0.2) is 35.5 Å². The number of para-hydroxylation sites is 1. The lowest BCUT2D eigenvalue weighted by atomic mass is 10.1. The molecule has 1 aromatic heterocycles. The van der Waals surface area contributed by atoms with Gasteiger partial charge in [-0.15, -0.1) is 0 Å². The molecule has 0 atom stereocenters. The van der Waals surface area contributed by atoms with Crippen molar-refractivity contribution < 1.29 is 19.1 Å². The number of nitrogens with one attached hydrogen (secondary N) is 3. The van der Waals surface area contributed by atoms with Gasteiger partial charge in [0, 0.05) is 18.1 Å². The fourth-order valence-corrected chi connectivity index (χ4v) is 2.63. The van der Waals surface area contributed by atoms with Gasteiger partial charge in [-0.25, -0.2) is 5.43 Å². The molecule has 3 rings (SSSR count). The highest BCUT2D eigenvalue weighted by Crippen LogP contribution is 2.19. The summed E-state index contributed by atoms with van der Waals surface area (Å²) in [4.78, 5) is 40.8. The Morgan fingerprint density at radius 3 is 2.38 bits per heavy atom. The lowest BCUT2D eigenvalue weighted by Crippen LogP contribution is -2.33. The Labute approximate surface area is 184 Å². The zero-order valence-electron chi connectivity index (χ0n) is 17.2. The highest BCUT2D eigenvalue weighted by Gasteiger charge is 2.17. The van der Waals surface area contributed by atoms with Crippen molar-refractivity contribution in [3.63, 3.8) is 0 Å². The van der Waals surface area contributed by atoms with Crippen molar-refractivity contribution in [3.05, 3.63) is 84.2 Å². The summed E-state index contributed by atoms with van der Waals surface area (Å²) in [7, 11) is 0. The maximum atomic E-state index is 12.7. The van der Waals surface area contributed by atoms with Gasteiger partial charge >= 0.3 is 11.8 Å². The first kappa shape index (κ1) is 22.2. The lowest BCUT2D eigenvalue weighted by molar-refractivity contribution is -0.136. The van der Waals surface area contributed by atoms with Gasteiger partial charge in [0.05, 0.1) is 24.1 Å². The van der Waals surface area contributed by atoms with Crippen LogP contribution in [0.5, 0.6) is 5.75 Å². The number of nitrogens with zero attached hydrogens (tertiary/aromatic N) is 2. The van der Waals surface area contributed by atoms with E-state index in [1.165, 1.54) is 12.3 Å². The zero-order valence-corrected chi connectivity index (χ0v) is 17.2. The molecule has 0 bridgehead atoms. The molecule has 3 amide bonds. The van der Waals surface area contributed by atoms with Gasteiger partial charge < -0.3 is 15.4 Å². The first-order valence-electron chi connectivity index (χ1n) is 9.74. The molecule has 0 spiro atoms. The van der Waals surface area contributed by atoms with Crippen LogP contribution in [0, 0.1) is 0 Å². The standard InChI is InChI=1S/C23H21N5O4/c1-2-32-18-9-7-17(8-10-18)26-21(29)19-5-3-4-6-20(19)27-22(30)23(31)28-25-15-16-11-13-24-14-12-16/h3-15H,2H2,1H3,(H,26,29)(H,27,30)(H,28,31)/b25-15+. The molecule has 9 nitrogen and oxygen atoms in total. The Bertz CT molecular complexity index is 1110. The number of amides is 3. The Kier molecular flexibility index (Phi) is 7.63. The number of carbonyl (C=O) groups excluding carboxylic acids is 3. The number of carbonyl (C=O) groups is 3. The zero-order chi connectivity index (χ0) is 22.8. The number of rotatable bonds is 7. The Balaban J connectivity index is 1.62. The van der Waals surface area contributed by atoms with Crippen LogP contribution >= 0.6 is 0 Å². The van der Waals surface area contributed by atoms with Crippen LogP contribution in [0.15, 0.2) is 78.2 Å². The van der Waals surface area contributed by atoms with E-state index < -0.39 is 17.7 Å². The number of hydrogen-bond acceptors (Lipinski definition) is 6. The number of pyridine rings is 1. The number of anilines is 2. The van der Waals surface area contributed by atoms with E-state index in [2.05, 4.69) is 26.1 Å². The first-order chi connectivity index (χ1) is 15.6. The van der Waals surface area contributed by atoms with Crippen molar-refractivity contribution in [1.29, 1.82) is 0 Å². The average molecular weight is 431 g/mol. The summed E-state index contributed by atoms with van der Waals surface area (Å²) in [6.07, 6.45) is 4.53. The summed E-state index contributed by atoms with van der Waals surface area (Å²) >= 11 is 0. The lowest BCUT2D eigenvalue weighted by Gasteiger charge is -2.11. The molecule has 0 saturated carbocycles. The van der Waals surface area contributed by atoms with Crippen molar-refractivity contribution in [2.75, 3.05) is 17.2 Å². The number of aromatic nitrogens is 1. The molecule has 2 aromatic carbocycles. The predicted molar refractivity (Wildman–Crippen MR) is 121 cm³/mol. The van der Waals surface area contributed by atoms with E-state index in [1.807, 2.05) is 6.92 Å². The quantitative estimate of drug-likeness (QED) is 0.302. The summed E-state index contributed by atoms with van der Waals surface area (Å²) < 4.78 is 5.38. The molecule has 0 unspecified atom stereocenters. The van der Waals surface area contributed by atoms with E-state index in [0.717, 1.165) is 0 Å². The number of hydrazone groups is 1. The normalized spacial score (nSPS) is 10.4. The van der Waals surface area contributed by atoms with E-state index >= 15 is 0 Å². The molecular weight excluding hydrogens is 410 g/mol. The Morgan fingerprint density at radius 2 is 1.66 bits per heavy atom. The van der Waals surface area contributed by atoms with Crippen molar-refractivity contribution in [2.24, 2.45) is 5.10 Å². The summed E-state index contributed by atoms with van der Waals surface area (Å²) in [6.45, 7) is 2.43. The molecule has 162 valence electrons. The van der Waals surface area contributed by atoms with Crippen molar-refractivity contribution in [2.45, 2.75) is 6.92 Å². The molecule has 1 heterocycles. The van der Waals surface area contributed by atoms with E-state index in [-0.39, 0.29) is 11.3 Å². The number of benzene rings is 2. The Morgan fingerprint density at radius 1 is 0.938 bits per heavy atom. The molecule has 0 radical (unpaired) electrons. The molecule has 3 aromatic rings. The van der Waals surface area contributed by atoms with Crippen LogP contribution in [-0.2, 0) is 9.59 Å².